The van der Waals surface area contributed by atoms with Gasteiger partial charge >= 0.3 is 0 Å². The van der Waals surface area contributed by atoms with Gasteiger partial charge in [0.2, 0.25) is 0 Å². The molecule has 1 aliphatic carbocycles. The lowest BCUT2D eigenvalue weighted by atomic mass is 9.91. The van der Waals surface area contributed by atoms with Gasteiger partial charge in [-0.05, 0) is 64.8 Å². The first-order valence-electron chi connectivity index (χ1n) is 8.58. The molecule has 3 nitrogen and oxygen atoms in total. The summed E-state index contributed by atoms with van der Waals surface area (Å²) in [4.78, 5) is 2.68. The van der Waals surface area contributed by atoms with E-state index >= 15 is 0 Å². The van der Waals surface area contributed by atoms with Gasteiger partial charge in [0.1, 0.15) is 5.54 Å². The Balaban J connectivity index is 1.82. The quantitative estimate of drug-likeness (QED) is 0.738. The van der Waals surface area contributed by atoms with E-state index in [-0.39, 0.29) is 5.54 Å². The Morgan fingerprint density at radius 3 is 2.55 bits per heavy atom. The fourth-order valence-electron chi connectivity index (χ4n) is 3.67. The number of nitrogens with zero attached hydrogens (tertiary/aromatic N) is 2. The van der Waals surface area contributed by atoms with Gasteiger partial charge in [-0.3, -0.25) is 10.2 Å². The molecule has 0 amide bonds. The summed E-state index contributed by atoms with van der Waals surface area (Å²) < 4.78 is 0. The maximum Gasteiger partial charge on any atom is 0.106 e. The lowest BCUT2D eigenvalue weighted by Crippen LogP contribution is -2.45. The highest BCUT2D eigenvalue weighted by atomic mass is 15.2. The summed E-state index contributed by atoms with van der Waals surface area (Å²) in [5, 5.41) is 13.2. The first kappa shape index (κ1) is 15.8. The lowest BCUT2D eigenvalue weighted by Gasteiger charge is -2.31. The van der Waals surface area contributed by atoms with Crippen LogP contribution < -0.4 is 5.32 Å². The van der Waals surface area contributed by atoms with Crippen LogP contribution in [0, 0.1) is 11.3 Å². The zero-order valence-corrected chi connectivity index (χ0v) is 13.5. The van der Waals surface area contributed by atoms with Crippen LogP contribution in [-0.2, 0) is 0 Å². The van der Waals surface area contributed by atoms with Crippen molar-refractivity contribution in [2.75, 3.05) is 6.54 Å². The molecule has 114 valence electrons. The van der Waals surface area contributed by atoms with Crippen LogP contribution in [0.4, 0.5) is 0 Å². The molecule has 3 unspecified atom stereocenters. The second-order valence-electron chi connectivity index (χ2n) is 6.80. The van der Waals surface area contributed by atoms with Crippen molar-refractivity contribution in [2.24, 2.45) is 0 Å². The number of nitriles is 1. The minimum Gasteiger partial charge on any atom is -0.298 e. The summed E-state index contributed by atoms with van der Waals surface area (Å²) in [6.45, 7) is 7.97. The number of rotatable bonds is 8. The van der Waals surface area contributed by atoms with Crippen LogP contribution in [0.25, 0.3) is 0 Å². The molecule has 20 heavy (non-hydrogen) atoms. The summed E-state index contributed by atoms with van der Waals surface area (Å²) in [6.07, 6.45) is 9.53. The molecule has 0 aromatic rings. The van der Waals surface area contributed by atoms with Gasteiger partial charge in [0.25, 0.3) is 0 Å². The van der Waals surface area contributed by atoms with E-state index in [4.69, 9.17) is 0 Å². The monoisotopic (exact) mass is 277 g/mol. The second-order valence-corrected chi connectivity index (χ2v) is 6.80. The molecule has 1 heterocycles. The van der Waals surface area contributed by atoms with Gasteiger partial charge in [-0.15, -0.1) is 0 Å². The molecule has 1 saturated heterocycles. The van der Waals surface area contributed by atoms with Gasteiger partial charge in [-0.2, -0.15) is 5.26 Å². The van der Waals surface area contributed by atoms with E-state index in [1.54, 1.807) is 0 Å². The molecule has 0 spiro atoms. The van der Waals surface area contributed by atoms with Crippen molar-refractivity contribution in [3.8, 4) is 6.07 Å². The van der Waals surface area contributed by atoms with Crippen molar-refractivity contribution >= 4 is 0 Å². The molecule has 0 bridgehead atoms. The van der Waals surface area contributed by atoms with Crippen molar-refractivity contribution in [1.82, 2.24) is 10.2 Å². The molecule has 2 aliphatic rings. The third-order valence-corrected chi connectivity index (χ3v) is 5.32. The molecular weight excluding hydrogens is 246 g/mol. The third kappa shape index (κ3) is 3.74. The molecule has 3 heteroatoms. The van der Waals surface area contributed by atoms with Gasteiger partial charge in [-0.1, -0.05) is 13.8 Å². The van der Waals surface area contributed by atoms with E-state index in [0.717, 1.165) is 37.9 Å². The first-order valence-corrected chi connectivity index (χ1v) is 8.58. The van der Waals surface area contributed by atoms with Crippen molar-refractivity contribution in [3.63, 3.8) is 0 Å². The summed E-state index contributed by atoms with van der Waals surface area (Å²) in [5.41, 5.74) is -0.272. The number of likely N-dealkylation sites (tertiary alicyclic amines) is 1. The Hall–Kier alpha value is -0.590. The van der Waals surface area contributed by atoms with Gasteiger partial charge in [0.05, 0.1) is 6.07 Å². The topological polar surface area (TPSA) is 39.1 Å². The van der Waals surface area contributed by atoms with E-state index in [1.807, 2.05) is 0 Å². The zero-order valence-electron chi connectivity index (χ0n) is 13.5. The minimum absolute atomic E-state index is 0.272. The van der Waals surface area contributed by atoms with Crippen LogP contribution in [0.15, 0.2) is 0 Å². The van der Waals surface area contributed by atoms with Gasteiger partial charge in [0, 0.05) is 18.1 Å². The van der Waals surface area contributed by atoms with Gasteiger partial charge in [-0.25, -0.2) is 0 Å². The predicted molar refractivity (Wildman–Crippen MR) is 83.5 cm³/mol. The molecule has 1 saturated carbocycles. The van der Waals surface area contributed by atoms with Crippen molar-refractivity contribution in [2.45, 2.75) is 95.8 Å². The largest absolute Gasteiger partial charge is 0.298 e. The Morgan fingerprint density at radius 2 is 2.00 bits per heavy atom. The van der Waals surface area contributed by atoms with Crippen LogP contribution in [0.2, 0.25) is 0 Å². The summed E-state index contributed by atoms with van der Waals surface area (Å²) in [7, 11) is 0. The molecule has 0 aromatic carbocycles. The number of hydrogen-bond donors (Lipinski definition) is 1. The first-order chi connectivity index (χ1) is 9.64. The summed E-state index contributed by atoms with van der Waals surface area (Å²) in [5.74, 6) is 0. The molecule has 3 atom stereocenters. The van der Waals surface area contributed by atoms with Crippen LogP contribution in [-0.4, -0.2) is 35.1 Å². The molecule has 1 aliphatic heterocycles. The summed E-state index contributed by atoms with van der Waals surface area (Å²) >= 11 is 0. The third-order valence-electron chi connectivity index (χ3n) is 5.32. The van der Waals surface area contributed by atoms with Crippen molar-refractivity contribution in [1.29, 1.82) is 5.26 Å². The van der Waals surface area contributed by atoms with E-state index < -0.39 is 0 Å². The highest BCUT2D eigenvalue weighted by Crippen LogP contribution is 2.29. The van der Waals surface area contributed by atoms with Gasteiger partial charge in [0.15, 0.2) is 0 Å². The number of hydrogen-bond acceptors (Lipinski definition) is 3. The molecule has 1 N–H and O–H groups in total. The second kappa shape index (κ2) is 6.91. The predicted octanol–water partition coefficient (Wildman–Crippen LogP) is 3.45. The molecular formula is C17H31N3. The Morgan fingerprint density at radius 1 is 1.25 bits per heavy atom. The van der Waals surface area contributed by atoms with Crippen molar-refractivity contribution < 1.29 is 0 Å². The van der Waals surface area contributed by atoms with Crippen molar-refractivity contribution in [3.05, 3.63) is 0 Å². The smallest absolute Gasteiger partial charge is 0.106 e. The van der Waals surface area contributed by atoms with Crippen LogP contribution in [0.3, 0.4) is 0 Å². The van der Waals surface area contributed by atoms with Crippen LogP contribution in [0.1, 0.15) is 72.1 Å². The maximum absolute atomic E-state index is 9.57. The van der Waals surface area contributed by atoms with Crippen LogP contribution in [0.5, 0.6) is 0 Å². The molecule has 0 aromatic heterocycles. The summed E-state index contributed by atoms with van der Waals surface area (Å²) in [6, 6.07) is 4.69. The molecule has 2 rings (SSSR count). The molecule has 2 fully saturated rings. The average molecular weight is 277 g/mol. The molecule has 0 radical (unpaired) electrons. The lowest BCUT2D eigenvalue weighted by molar-refractivity contribution is 0.187. The van der Waals surface area contributed by atoms with E-state index in [2.05, 4.69) is 37.1 Å². The Kier molecular flexibility index (Phi) is 5.46. The Bertz CT molecular complexity index is 345. The SMILES string of the molecule is CCC1CCC(C)N1CCCC(C#N)(CC)NC1CC1. The maximum atomic E-state index is 9.57. The highest BCUT2D eigenvalue weighted by Gasteiger charge is 2.35. The van der Waals surface area contributed by atoms with E-state index in [0.29, 0.717) is 6.04 Å². The highest BCUT2D eigenvalue weighted by molar-refractivity contribution is 5.09. The van der Waals surface area contributed by atoms with Gasteiger partial charge < -0.3 is 0 Å². The minimum atomic E-state index is -0.272. The zero-order chi connectivity index (χ0) is 14.6. The normalized spacial score (nSPS) is 30.1. The Labute approximate surface area is 124 Å². The van der Waals surface area contributed by atoms with E-state index in [9.17, 15) is 5.26 Å². The van der Waals surface area contributed by atoms with E-state index in [1.165, 1.54) is 32.1 Å². The average Bonchev–Trinajstić information content (AvgIpc) is 3.21. The fourth-order valence-corrected chi connectivity index (χ4v) is 3.67. The fraction of sp³-hybridized carbons (Fsp3) is 0.941. The van der Waals surface area contributed by atoms with Crippen LogP contribution >= 0.6 is 0 Å². The standard InChI is InChI=1S/C17H31N3/c1-4-16-10-7-14(3)20(16)12-6-11-17(5-2,13-18)19-15-8-9-15/h14-16,19H,4-12H2,1-3H3. The number of nitrogens with one attached hydrogen (secondary N) is 1.